The molecule has 0 radical (unpaired) electrons. The van der Waals surface area contributed by atoms with Crippen molar-refractivity contribution in [2.45, 2.75) is 38.0 Å². The molecule has 0 atom stereocenters. The number of halogens is 1. The van der Waals surface area contributed by atoms with Crippen LogP contribution in [-0.2, 0) is 11.8 Å². The van der Waals surface area contributed by atoms with Gasteiger partial charge in [0.25, 0.3) is 0 Å². The fourth-order valence-electron chi connectivity index (χ4n) is 7.22. The number of aryl methyl sites for hydroxylation is 2. The van der Waals surface area contributed by atoms with Crippen molar-refractivity contribution >= 4 is 11.4 Å². The molecule has 2 aromatic carbocycles. The maximum absolute atomic E-state index is 15.0. The Labute approximate surface area is 215 Å². The van der Waals surface area contributed by atoms with Gasteiger partial charge in [-0.05, 0) is 88.6 Å². The first-order valence-electron chi connectivity index (χ1n) is 13.5. The zero-order valence-electron chi connectivity index (χ0n) is 21.9. The number of fused-ring (bicyclic) bond motifs is 2. The molecule has 0 aromatic heterocycles. The van der Waals surface area contributed by atoms with E-state index in [9.17, 15) is 4.39 Å². The highest BCUT2D eigenvalue weighted by atomic mass is 19.1. The minimum absolute atomic E-state index is 0.0733. The summed E-state index contributed by atoms with van der Waals surface area (Å²) in [6.07, 6.45) is 4.16. The topological polar surface area (TPSA) is 21.8 Å². The average molecular weight is 487 g/mol. The van der Waals surface area contributed by atoms with E-state index in [-0.39, 0.29) is 11.2 Å². The molecule has 4 aliphatic rings. The Morgan fingerprint density at radius 3 is 2.50 bits per heavy atom. The smallest absolute Gasteiger partial charge is 0.132 e. The van der Waals surface area contributed by atoms with Gasteiger partial charge in [-0.2, -0.15) is 0 Å². The van der Waals surface area contributed by atoms with Gasteiger partial charge in [0.1, 0.15) is 5.82 Å². The summed E-state index contributed by atoms with van der Waals surface area (Å²) >= 11 is 0. The number of hydrogen-bond acceptors (Lipinski definition) is 4. The van der Waals surface area contributed by atoms with Crippen molar-refractivity contribution < 1.29 is 4.39 Å². The molecule has 3 fully saturated rings. The SMILES string of the molecule is C=C(c1ccc(CCCN2CCC3(CC2)C(=C)Nc2ccc(C)cc23)cc1F)N1CC2(CN(C)C2)C1. The van der Waals surface area contributed by atoms with Gasteiger partial charge >= 0.3 is 0 Å². The first-order chi connectivity index (χ1) is 17.3. The monoisotopic (exact) mass is 486 g/mol. The number of rotatable bonds is 6. The minimum Gasteiger partial charge on any atom is -0.370 e. The molecular weight excluding hydrogens is 447 g/mol. The van der Waals surface area contributed by atoms with Gasteiger partial charge in [0.2, 0.25) is 0 Å². The second kappa shape index (κ2) is 8.74. The van der Waals surface area contributed by atoms with Crippen LogP contribution in [0.2, 0.25) is 0 Å². The van der Waals surface area contributed by atoms with E-state index in [2.05, 4.69) is 71.4 Å². The molecule has 0 amide bonds. The van der Waals surface area contributed by atoms with Crippen molar-refractivity contribution in [3.05, 3.63) is 83.3 Å². The molecule has 0 aliphatic carbocycles. The second-order valence-electron chi connectivity index (χ2n) is 12.0. The summed E-state index contributed by atoms with van der Waals surface area (Å²) in [7, 11) is 2.16. The summed E-state index contributed by atoms with van der Waals surface area (Å²) in [5.41, 5.74) is 8.20. The average Bonchev–Trinajstić information content (AvgIpc) is 3.07. The molecule has 5 heteroatoms. The molecule has 2 spiro atoms. The highest BCUT2D eigenvalue weighted by Gasteiger charge is 2.50. The lowest BCUT2D eigenvalue weighted by molar-refractivity contribution is -0.0781. The molecular formula is C31H39FN4. The van der Waals surface area contributed by atoms with Crippen molar-refractivity contribution in [1.82, 2.24) is 14.7 Å². The van der Waals surface area contributed by atoms with Crippen LogP contribution in [-0.4, -0.2) is 67.6 Å². The zero-order valence-corrected chi connectivity index (χ0v) is 21.9. The Bertz CT molecular complexity index is 1200. The van der Waals surface area contributed by atoms with Gasteiger partial charge in [0, 0.05) is 59.7 Å². The van der Waals surface area contributed by atoms with Gasteiger partial charge in [-0.1, -0.05) is 36.9 Å². The summed E-state index contributed by atoms with van der Waals surface area (Å²) in [5, 5.41) is 3.55. The lowest BCUT2D eigenvalue weighted by Gasteiger charge is -2.60. The van der Waals surface area contributed by atoms with E-state index in [0.29, 0.717) is 11.0 Å². The molecule has 3 saturated heterocycles. The minimum atomic E-state index is -0.134. The third-order valence-corrected chi connectivity index (χ3v) is 9.19. The van der Waals surface area contributed by atoms with Crippen molar-refractivity contribution in [1.29, 1.82) is 0 Å². The van der Waals surface area contributed by atoms with Crippen LogP contribution in [0, 0.1) is 18.2 Å². The van der Waals surface area contributed by atoms with E-state index in [4.69, 9.17) is 0 Å². The zero-order chi connectivity index (χ0) is 25.1. The van der Waals surface area contributed by atoms with Crippen LogP contribution in [0.4, 0.5) is 10.1 Å². The highest BCUT2D eigenvalue weighted by Crippen LogP contribution is 2.49. The number of allylic oxidation sites excluding steroid dienone is 1. The fourth-order valence-corrected chi connectivity index (χ4v) is 7.22. The molecule has 1 N–H and O–H groups in total. The standard InChI is InChI=1S/C31H39FN4/c1-22-7-10-29-27(16-22)31(24(3)33-29)11-14-35(15-12-31)13-5-6-25-8-9-26(28(32)17-25)23(2)36-20-30(21-36)18-34(4)19-30/h7-10,16-17,33H,2-3,5-6,11-15,18-21H2,1,4H3. The Morgan fingerprint density at radius 2 is 1.81 bits per heavy atom. The van der Waals surface area contributed by atoms with Gasteiger partial charge in [0.05, 0.1) is 0 Å². The Balaban J connectivity index is 0.996. The number of likely N-dealkylation sites (tertiary alicyclic amines) is 3. The maximum Gasteiger partial charge on any atom is 0.132 e. The van der Waals surface area contributed by atoms with Crippen molar-refractivity contribution in [2.75, 3.05) is 58.2 Å². The van der Waals surface area contributed by atoms with Crippen LogP contribution in [0.15, 0.2) is 55.3 Å². The molecule has 6 rings (SSSR count). The van der Waals surface area contributed by atoms with E-state index in [1.807, 2.05) is 6.07 Å². The number of nitrogens with zero attached hydrogens (tertiary/aromatic N) is 3. The molecule has 4 aliphatic heterocycles. The first kappa shape index (κ1) is 23.7. The molecule has 0 saturated carbocycles. The molecule has 190 valence electrons. The lowest BCUT2D eigenvalue weighted by Crippen LogP contribution is -2.70. The maximum atomic E-state index is 15.0. The summed E-state index contributed by atoms with van der Waals surface area (Å²) in [4.78, 5) is 7.15. The molecule has 4 heterocycles. The lowest BCUT2D eigenvalue weighted by atomic mass is 9.72. The number of piperidine rings is 1. The fraction of sp³-hybridized carbons (Fsp3) is 0.484. The van der Waals surface area contributed by atoms with E-state index in [0.717, 1.165) is 88.5 Å². The van der Waals surface area contributed by atoms with Gasteiger partial charge in [-0.15, -0.1) is 0 Å². The molecule has 0 bridgehead atoms. The van der Waals surface area contributed by atoms with E-state index in [1.54, 1.807) is 6.07 Å². The van der Waals surface area contributed by atoms with Crippen LogP contribution in [0.25, 0.3) is 5.70 Å². The Kier molecular flexibility index (Phi) is 5.77. The third kappa shape index (κ3) is 3.97. The second-order valence-corrected chi connectivity index (χ2v) is 12.0. The molecule has 2 aromatic rings. The van der Waals surface area contributed by atoms with E-state index in [1.165, 1.54) is 16.8 Å². The number of hydrogen-bond donors (Lipinski definition) is 1. The molecule has 36 heavy (non-hydrogen) atoms. The van der Waals surface area contributed by atoms with Crippen LogP contribution >= 0.6 is 0 Å². The molecule has 0 unspecified atom stereocenters. The van der Waals surface area contributed by atoms with Crippen molar-refractivity contribution in [3.8, 4) is 0 Å². The van der Waals surface area contributed by atoms with Crippen molar-refractivity contribution in [3.63, 3.8) is 0 Å². The van der Waals surface area contributed by atoms with Crippen LogP contribution in [0.5, 0.6) is 0 Å². The predicted octanol–water partition coefficient (Wildman–Crippen LogP) is 5.26. The Hall–Kier alpha value is -2.63. The number of benzene rings is 2. The quantitative estimate of drug-likeness (QED) is 0.601. The largest absolute Gasteiger partial charge is 0.370 e. The summed E-state index contributed by atoms with van der Waals surface area (Å²) < 4.78 is 15.0. The van der Waals surface area contributed by atoms with E-state index < -0.39 is 0 Å². The van der Waals surface area contributed by atoms with Crippen LogP contribution in [0.1, 0.15) is 41.5 Å². The van der Waals surface area contributed by atoms with Gasteiger partial charge in [-0.25, -0.2) is 4.39 Å². The normalized spacial score (nSPS) is 22.3. The first-order valence-corrected chi connectivity index (χ1v) is 13.5. The Morgan fingerprint density at radius 1 is 1.06 bits per heavy atom. The van der Waals surface area contributed by atoms with Crippen LogP contribution < -0.4 is 5.32 Å². The summed E-state index contributed by atoms with van der Waals surface area (Å²) in [6.45, 7) is 18.3. The van der Waals surface area contributed by atoms with Crippen LogP contribution in [0.3, 0.4) is 0 Å². The van der Waals surface area contributed by atoms with Gasteiger partial charge in [-0.3, -0.25) is 0 Å². The number of anilines is 1. The number of nitrogens with one attached hydrogen (secondary N) is 1. The van der Waals surface area contributed by atoms with E-state index >= 15 is 0 Å². The third-order valence-electron chi connectivity index (χ3n) is 9.19. The predicted molar refractivity (Wildman–Crippen MR) is 147 cm³/mol. The summed E-state index contributed by atoms with van der Waals surface area (Å²) in [6, 6.07) is 12.5. The van der Waals surface area contributed by atoms with Gasteiger partial charge < -0.3 is 20.0 Å². The highest BCUT2D eigenvalue weighted by molar-refractivity contribution is 5.69. The van der Waals surface area contributed by atoms with Gasteiger partial charge in [0.15, 0.2) is 0 Å². The summed E-state index contributed by atoms with van der Waals surface area (Å²) in [5.74, 6) is -0.134. The van der Waals surface area contributed by atoms with Crippen molar-refractivity contribution in [2.24, 2.45) is 5.41 Å². The molecule has 4 nitrogen and oxygen atoms in total.